The molecule has 3 N–H and O–H groups in total. The molecule has 0 saturated heterocycles. The number of carbonyl (C=O) groups is 2. The van der Waals surface area contributed by atoms with Gasteiger partial charge in [0.25, 0.3) is 0 Å². The van der Waals surface area contributed by atoms with E-state index >= 15 is 0 Å². The van der Waals surface area contributed by atoms with Crippen molar-refractivity contribution in [3.05, 3.63) is 29.3 Å². The number of hydrogen-bond acceptors (Lipinski definition) is 2. The van der Waals surface area contributed by atoms with Gasteiger partial charge in [-0.25, -0.2) is 4.79 Å². The van der Waals surface area contributed by atoms with E-state index in [0.29, 0.717) is 13.0 Å². The Kier molecular flexibility index (Phi) is 7.29. The van der Waals surface area contributed by atoms with E-state index in [0.717, 1.165) is 36.1 Å². The molecule has 1 aromatic rings. The van der Waals surface area contributed by atoms with Gasteiger partial charge in [0.2, 0.25) is 0 Å². The molecular formula is C16H24N2O3. The molecule has 116 valence electrons. The van der Waals surface area contributed by atoms with Crippen LogP contribution in [0.25, 0.3) is 0 Å². The summed E-state index contributed by atoms with van der Waals surface area (Å²) in [6.45, 7) is 4.59. The Morgan fingerprint density at radius 3 is 2.52 bits per heavy atom. The van der Waals surface area contributed by atoms with E-state index in [1.54, 1.807) is 0 Å². The average molecular weight is 292 g/mol. The second kappa shape index (κ2) is 9.00. The number of urea groups is 1. The monoisotopic (exact) mass is 292 g/mol. The van der Waals surface area contributed by atoms with Crippen molar-refractivity contribution < 1.29 is 14.7 Å². The maximum Gasteiger partial charge on any atom is 0.319 e. The zero-order chi connectivity index (χ0) is 15.7. The third kappa shape index (κ3) is 6.79. The van der Waals surface area contributed by atoms with Gasteiger partial charge in [-0.1, -0.05) is 25.0 Å². The summed E-state index contributed by atoms with van der Waals surface area (Å²) in [4.78, 5) is 22.1. The quantitative estimate of drug-likeness (QED) is 0.642. The lowest BCUT2D eigenvalue weighted by molar-refractivity contribution is -0.137. The minimum Gasteiger partial charge on any atom is -0.481 e. The normalized spacial score (nSPS) is 10.2. The first-order valence-electron chi connectivity index (χ1n) is 7.33. The lowest BCUT2D eigenvalue weighted by Crippen LogP contribution is -2.29. The van der Waals surface area contributed by atoms with Crippen LogP contribution in [0.1, 0.15) is 43.2 Å². The van der Waals surface area contributed by atoms with E-state index in [1.807, 2.05) is 32.0 Å². The number of aryl methyl sites for hydroxylation is 1. The molecule has 0 aromatic heterocycles. The molecule has 1 rings (SSSR count). The smallest absolute Gasteiger partial charge is 0.319 e. The van der Waals surface area contributed by atoms with E-state index in [1.165, 1.54) is 0 Å². The average Bonchev–Trinajstić information content (AvgIpc) is 2.42. The van der Waals surface area contributed by atoms with E-state index in [-0.39, 0.29) is 12.5 Å². The van der Waals surface area contributed by atoms with Crippen molar-refractivity contribution in [1.29, 1.82) is 0 Å². The van der Waals surface area contributed by atoms with Gasteiger partial charge >= 0.3 is 12.0 Å². The molecule has 21 heavy (non-hydrogen) atoms. The summed E-state index contributed by atoms with van der Waals surface area (Å²) in [5.74, 6) is -0.749. The van der Waals surface area contributed by atoms with Gasteiger partial charge in [-0.05, 0) is 43.9 Å². The van der Waals surface area contributed by atoms with Gasteiger partial charge in [-0.2, -0.15) is 0 Å². The Balaban J connectivity index is 2.17. The van der Waals surface area contributed by atoms with Gasteiger partial charge in [0.05, 0.1) is 0 Å². The molecule has 0 aliphatic carbocycles. The summed E-state index contributed by atoms with van der Waals surface area (Å²) in [5, 5.41) is 14.2. The second-order valence-corrected chi connectivity index (χ2v) is 5.19. The predicted octanol–water partition coefficient (Wildman–Crippen LogP) is 3.46. The number of aliphatic carboxylic acids is 1. The Morgan fingerprint density at radius 1 is 1.10 bits per heavy atom. The van der Waals surface area contributed by atoms with Gasteiger partial charge in [0.15, 0.2) is 0 Å². The SMILES string of the molecule is Cc1cccc(NC(=O)NCCCCCCC(=O)O)c1C. The molecule has 5 nitrogen and oxygen atoms in total. The lowest BCUT2D eigenvalue weighted by Gasteiger charge is -2.11. The number of carboxylic acids is 1. The molecule has 0 unspecified atom stereocenters. The Bertz CT molecular complexity index is 486. The largest absolute Gasteiger partial charge is 0.481 e. The number of anilines is 1. The highest BCUT2D eigenvalue weighted by atomic mass is 16.4. The molecule has 0 atom stereocenters. The van der Waals surface area contributed by atoms with Gasteiger partial charge in [0, 0.05) is 18.7 Å². The lowest BCUT2D eigenvalue weighted by atomic mass is 10.1. The predicted molar refractivity (Wildman–Crippen MR) is 83.7 cm³/mol. The fraction of sp³-hybridized carbons (Fsp3) is 0.500. The molecule has 0 spiro atoms. The number of amides is 2. The van der Waals surface area contributed by atoms with Crippen LogP contribution in [0.15, 0.2) is 18.2 Å². The van der Waals surface area contributed by atoms with Crippen LogP contribution in [0.5, 0.6) is 0 Å². The van der Waals surface area contributed by atoms with E-state index < -0.39 is 5.97 Å². The van der Waals surface area contributed by atoms with E-state index in [4.69, 9.17) is 5.11 Å². The molecule has 1 aromatic carbocycles. The molecule has 0 saturated carbocycles. The Labute approximate surface area is 125 Å². The summed E-state index contributed by atoms with van der Waals surface area (Å²) in [7, 11) is 0. The van der Waals surface area contributed by atoms with E-state index in [9.17, 15) is 9.59 Å². The van der Waals surface area contributed by atoms with Crippen LogP contribution in [-0.2, 0) is 4.79 Å². The number of hydrogen-bond donors (Lipinski definition) is 3. The molecule has 0 aliphatic rings. The summed E-state index contributed by atoms with van der Waals surface area (Å²) in [6, 6.07) is 5.61. The molecule has 0 heterocycles. The van der Waals surface area contributed by atoms with Crippen LogP contribution in [0.2, 0.25) is 0 Å². The van der Waals surface area contributed by atoms with Gasteiger partial charge < -0.3 is 15.7 Å². The van der Waals surface area contributed by atoms with Crippen molar-refractivity contribution in [3.8, 4) is 0 Å². The Hall–Kier alpha value is -2.04. The molecule has 0 fully saturated rings. The van der Waals surface area contributed by atoms with Gasteiger partial charge in [-0.15, -0.1) is 0 Å². The first-order chi connectivity index (χ1) is 10.0. The maximum absolute atomic E-state index is 11.8. The number of carboxylic acid groups (broad SMARTS) is 1. The highest BCUT2D eigenvalue weighted by Crippen LogP contribution is 2.17. The number of benzene rings is 1. The fourth-order valence-electron chi connectivity index (χ4n) is 2.01. The van der Waals surface area contributed by atoms with Crippen molar-refractivity contribution in [2.75, 3.05) is 11.9 Å². The van der Waals surface area contributed by atoms with Crippen molar-refractivity contribution in [2.24, 2.45) is 0 Å². The molecule has 0 bridgehead atoms. The topological polar surface area (TPSA) is 78.4 Å². The molecular weight excluding hydrogens is 268 g/mol. The Morgan fingerprint density at radius 2 is 1.81 bits per heavy atom. The zero-order valence-corrected chi connectivity index (χ0v) is 12.7. The number of nitrogens with one attached hydrogen (secondary N) is 2. The van der Waals surface area contributed by atoms with Crippen LogP contribution in [-0.4, -0.2) is 23.7 Å². The number of carbonyl (C=O) groups excluding carboxylic acids is 1. The van der Waals surface area contributed by atoms with Gasteiger partial charge in [0.1, 0.15) is 0 Å². The first kappa shape index (κ1) is 17.0. The minimum atomic E-state index is -0.749. The highest BCUT2D eigenvalue weighted by molar-refractivity contribution is 5.90. The highest BCUT2D eigenvalue weighted by Gasteiger charge is 2.04. The van der Waals surface area contributed by atoms with E-state index in [2.05, 4.69) is 10.6 Å². The molecule has 0 aliphatic heterocycles. The van der Waals surface area contributed by atoms with Crippen LogP contribution < -0.4 is 10.6 Å². The van der Waals surface area contributed by atoms with Crippen molar-refractivity contribution in [1.82, 2.24) is 5.32 Å². The molecule has 5 heteroatoms. The van der Waals surface area contributed by atoms with Crippen LogP contribution in [0.3, 0.4) is 0 Å². The van der Waals surface area contributed by atoms with Crippen molar-refractivity contribution >= 4 is 17.7 Å². The standard InChI is InChI=1S/C16H24N2O3/c1-12-8-7-9-14(13(12)2)18-16(21)17-11-6-4-3-5-10-15(19)20/h7-9H,3-6,10-11H2,1-2H3,(H,19,20)(H2,17,18,21). The minimum absolute atomic E-state index is 0.200. The van der Waals surface area contributed by atoms with Gasteiger partial charge in [-0.3, -0.25) is 4.79 Å². The van der Waals surface area contributed by atoms with Crippen LogP contribution in [0.4, 0.5) is 10.5 Å². The fourth-order valence-corrected chi connectivity index (χ4v) is 2.01. The summed E-state index contributed by atoms with van der Waals surface area (Å²) < 4.78 is 0. The number of unbranched alkanes of at least 4 members (excludes halogenated alkanes) is 3. The molecule has 2 amide bonds. The summed E-state index contributed by atoms with van der Waals surface area (Å²) >= 11 is 0. The third-order valence-electron chi connectivity index (χ3n) is 3.46. The zero-order valence-electron chi connectivity index (χ0n) is 12.7. The second-order valence-electron chi connectivity index (χ2n) is 5.19. The van der Waals surface area contributed by atoms with Crippen LogP contribution in [0, 0.1) is 13.8 Å². The maximum atomic E-state index is 11.8. The summed E-state index contributed by atoms with van der Waals surface area (Å²) in [6.07, 6.45) is 3.59. The number of rotatable bonds is 8. The third-order valence-corrected chi connectivity index (χ3v) is 3.46. The first-order valence-corrected chi connectivity index (χ1v) is 7.33. The van der Waals surface area contributed by atoms with Crippen LogP contribution >= 0.6 is 0 Å². The van der Waals surface area contributed by atoms with Crippen molar-refractivity contribution in [2.45, 2.75) is 46.0 Å². The molecule has 0 radical (unpaired) electrons. The summed E-state index contributed by atoms with van der Waals surface area (Å²) in [5.41, 5.74) is 3.04. The van der Waals surface area contributed by atoms with Crippen molar-refractivity contribution in [3.63, 3.8) is 0 Å².